The fraction of sp³-hybridized carbons (Fsp3) is 0.118. The third-order valence-corrected chi connectivity index (χ3v) is 4.32. The van der Waals surface area contributed by atoms with Crippen molar-refractivity contribution in [1.29, 1.82) is 0 Å². The first-order valence-corrected chi connectivity index (χ1v) is 7.49. The predicted molar refractivity (Wildman–Crippen MR) is 86.5 cm³/mol. The lowest BCUT2D eigenvalue weighted by molar-refractivity contribution is 0.212. The summed E-state index contributed by atoms with van der Waals surface area (Å²) in [6.07, 6.45) is 0.985. The van der Waals surface area contributed by atoms with Gasteiger partial charge in [-0.05, 0) is 42.3 Å². The van der Waals surface area contributed by atoms with E-state index in [0.29, 0.717) is 0 Å². The van der Waals surface area contributed by atoms with Gasteiger partial charge in [0.2, 0.25) is 0 Å². The molecular weight excluding hydrogens is 328 g/mol. The van der Waals surface area contributed by atoms with Crippen LogP contribution in [0.15, 0.2) is 65.3 Å². The van der Waals surface area contributed by atoms with Crippen molar-refractivity contribution in [3.8, 4) is 5.69 Å². The number of aromatic nitrogens is 2. The molecule has 1 heterocycles. The summed E-state index contributed by atoms with van der Waals surface area (Å²) in [5.74, 6) is 0. The van der Waals surface area contributed by atoms with Crippen molar-refractivity contribution in [2.45, 2.75) is 13.0 Å². The van der Waals surface area contributed by atoms with E-state index in [2.05, 4.69) is 21.0 Å². The van der Waals surface area contributed by atoms with Crippen molar-refractivity contribution in [2.24, 2.45) is 0 Å². The number of halogens is 1. The molecule has 1 N–H and O–H groups in total. The topological polar surface area (TPSA) is 38.1 Å². The minimum absolute atomic E-state index is 0.718. The Morgan fingerprint density at radius 1 is 1.10 bits per heavy atom. The average Bonchev–Trinajstić information content (AvgIpc) is 2.99. The third-order valence-electron chi connectivity index (χ3n) is 3.46. The molecule has 0 fully saturated rings. The molecule has 106 valence electrons. The zero-order valence-corrected chi connectivity index (χ0v) is 13.2. The monoisotopic (exact) mass is 342 g/mol. The molecule has 0 saturated carbocycles. The first-order chi connectivity index (χ1) is 10.2. The smallest absolute Gasteiger partial charge is 0.121 e. The molecule has 0 bridgehead atoms. The van der Waals surface area contributed by atoms with E-state index in [1.54, 1.807) is 10.9 Å². The van der Waals surface area contributed by atoms with Crippen LogP contribution in [0.5, 0.6) is 0 Å². The van der Waals surface area contributed by atoms with Crippen LogP contribution in [0.2, 0.25) is 0 Å². The van der Waals surface area contributed by atoms with Crippen molar-refractivity contribution in [2.75, 3.05) is 0 Å². The minimum atomic E-state index is -0.718. The Kier molecular flexibility index (Phi) is 3.90. The largest absolute Gasteiger partial charge is 0.382 e. The van der Waals surface area contributed by atoms with E-state index >= 15 is 0 Å². The maximum absolute atomic E-state index is 10.7. The number of hydrogen-bond acceptors (Lipinski definition) is 2. The molecule has 0 radical (unpaired) electrons. The number of para-hydroxylation sites is 1. The van der Waals surface area contributed by atoms with Gasteiger partial charge in [0.15, 0.2) is 0 Å². The first kappa shape index (κ1) is 14.0. The zero-order valence-electron chi connectivity index (χ0n) is 11.6. The molecule has 0 aliphatic heterocycles. The lowest BCUT2D eigenvalue weighted by Crippen LogP contribution is -2.08. The average molecular weight is 343 g/mol. The molecule has 3 rings (SSSR count). The maximum atomic E-state index is 10.7. The Labute approximate surface area is 132 Å². The van der Waals surface area contributed by atoms with Gasteiger partial charge in [0.25, 0.3) is 0 Å². The molecule has 0 amide bonds. The number of rotatable bonds is 3. The van der Waals surface area contributed by atoms with Crippen LogP contribution >= 0.6 is 15.9 Å². The summed E-state index contributed by atoms with van der Waals surface area (Å²) >= 11 is 3.51. The van der Waals surface area contributed by atoms with Crippen LogP contribution in [0.1, 0.15) is 22.9 Å². The second-order valence-corrected chi connectivity index (χ2v) is 5.77. The van der Waals surface area contributed by atoms with E-state index in [1.807, 2.05) is 61.5 Å². The Bertz CT molecular complexity index is 752. The van der Waals surface area contributed by atoms with E-state index in [1.165, 1.54) is 0 Å². The number of nitrogens with zero attached hydrogens (tertiary/aromatic N) is 2. The molecular formula is C17H15BrN2O. The molecule has 3 nitrogen and oxygen atoms in total. The normalized spacial score (nSPS) is 12.3. The van der Waals surface area contributed by atoms with Crippen molar-refractivity contribution in [1.82, 2.24) is 9.78 Å². The molecule has 2 aromatic carbocycles. The molecule has 1 aromatic heterocycles. The lowest BCUT2D eigenvalue weighted by atomic mass is 10.0. The molecule has 1 unspecified atom stereocenters. The van der Waals surface area contributed by atoms with Crippen LogP contribution in [0, 0.1) is 6.92 Å². The summed E-state index contributed by atoms with van der Waals surface area (Å²) < 4.78 is 2.75. The number of aliphatic hydroxyl groups excluding tert-OH is 1. The summed E-state index contributed by atoms with van der Waals surface area (Å²) in [5, 5.41) is 15.0. The molecule has 1 atom stereocenters. The van der Waals surface area contributed by atoms with Gasteiger partial charge in [-0.15, -0.1) is 0 Å². The third kappa shape index (κ3) is 2.77. The molecule has 0 saturated heterocycles. The zero-order chi connectivity index (χ0) is 14.8. The quantitative estimate of drug-likeness (QED) is 0.780. The number of aryl methyl sites for hydroxylation is 1. The van der Waals surface area contributed by atoms with E-state index in [9.17, 15) is 5.11 Å². The van der Waals surface area contributed by atoms with Gasteiger partial charge in [-0.25, -0.2) is 4.68 Å². The van der Waals surface area contributed by atoms with E-state index < -0.39 is 6.10 Å². The Balaban J connectivity index is 2.01. The number of aliphatic hydroxyl groups is 1. The molecule has 21 heavy (non-hydrogen) atoms. The van der Waals surface area contributed by atoms with Crippen molar-refractivity contribution >= 4 is 15.9 Å². The Morgan fingerprint density at radius 2 is 1.86 bits per heavy atom. The van der Waals surface area contributed by atoms with Crippen LogP contribution < -0.4 is 0 Å². The van der Waals surface area contributed by atoms with Gasteiger partial charge in [-0.1, -0.05) is 46.3 Å². The Morgan fingerprint density at radius 3 is 2.57 bits per heavy atom. The summed E-state index contributed by atoms with van der Waals surface area (Å²) in [7, 11) is 0. The SMILES string of the molecule is Cc1ccc(C(O)c2ccnn2-c2ccccc2)cc1Br. The fourth-order valence-electron chi connectivity index (χ4n) is 2.26. The van der Waals surface area contributed by atoms with E-state index in [0.717, 1.165) is 27.0 Å². The molecule has 0 aliphatic rings. The Hall–Kier alpha value is -1.91. The van der Waals surface area contributed by atoms with Crippen molar-refractivity contribution < 1.29 is 5.11 Å². The van der Waals surface area contributed by atoms with Gasteiger partial charge >= 0.3 is 0 Å². The van der Waals surface area contributed by atoms with Gasteiger partial charge in [0, 0.05) is 10.7 Å². The van der Waals surface area contributed by atoms with Crippen LogP contribution in [-0.4, -0.2) is 14.9 Å². The van der Waals surface area contributed by atoms with E-state index in [-0.39, 0.29) is 0 Å². The van der Waals surface area contributed by atoms with Crippen molar-refractivity contribution in [3.63, 3.8) is 0 Å². The van der Waals surface area contributed by atoms with E-state index in [4.69, 9.17) is 0 Å². The number of hydrogen-bond donors (Lipinski definition) is 1. The predicted octanol–water partition coefficient (Wildman–Crippen LogP) is 4.02. The molecule has 0 spiro atoms. The van der Waals surface area contributed by atoms with Gasteiger partial charge < -0.3 is 5.11 Å². The fourth-order valence-corrected chi connectivity index (χ4v) is 2.65. The molecule has 3 aromatic rings. The van der Waals surface area contributed by atoms with Crippen LogP contribution in [-0.2, 0) is 0 Å². The minimum Gasteiger partial charge on any atom is -0.382 e. The van der Waals surface area contributed by atoms with Gasteiger partial charge in [0.05, 0.1) is 11.4 Å². The standard InChI is InChI=1S/C17H15BrN2O/c1-12-7-8-13(11-15(12)18)17(21)16-9-10-19-20(16)14-5-3-2-4-6-14/h2-11,17,21H,1H3. The molecule has 4 heteroatoms. The second kappa shape index (κ2) is 5.84. The summed E-state index contributed by atoms with van der Waals surface area (Å²) in [5.41, 5.74) is 3.66. The highest BCUT2D eigenvalue weighted by atomic mass is 79.9. The van der Waals surface area contributed by atoms with Crippen LogP contribution in [0.25, 0.3) is 5.69 Å². The second-order valence-electron chi connectivity index (χ2n) is 4.91. The highest BCUT2D eigenvalue weighted by Gasteiger charge is 2.17. The first-order valence-electron chi connectivity index (χ1n) is 6.70. The summed E-state index contributed by atoms with van der Waals surface area (Å²) in [6, 6.07) is 17.5. The van der Waals surface area contributed by atoms with Crippen LogP contribution in [0.4, 0.5) is 0 Å². The van der Waals surface area contributed by atoms with Crippen LogP contribution in [0.3, 0.4) is 0 Å². The highest BCUT2D eigenvalue weighted by Crippen LogP contribution is 2.27. The highest BCUT2D eigenvalue weighted by molar-refractivity contribution is 9.10. The maximum Gasteiger partial charge on any atom is 0.121 e. The lowest BCUT2D eigenvalue weighted by Gasteiger charge is -2.14. The summed E-state index contributed by atoms with van der Waals surface area (Å²) in [4.78, 5) is 0. The van der Waals surface area contributed by atoms with Gasteiger partial charge in [-0.3, -0.25) is 0 Å². The summed E-state index contributed by atoms with van der Waals surface area (Å²) in [6.45, 7) is 2.02. The van der Waals surface area contributed by atoms with Crippen molar-refractivity contribution in [3.05, 3.63) is 82.1 Å². The number of benzene rings is 2. The van der Waals surface area contributed by atoms with Gasteiger partial charge in [0.1, 0.15) is 6.10 Å². The molecule has 0 aliphatic carbocycles. The van der Waals surface area contributed by atoms with Gasteiger partial charge in [-0.2, -0.15) is 5.10 Å².